The quantitative estimate of drug-likeness (QED) is 0.843. The lowest BCUT2D eigenvalue weighted by molar-refractivity contribution is -0.116. The van der Waals surface area contributed by atoms with Crippen LogP contribution in [0.15, 0.2) is 30.5 Å². The Kier molecular flexibility index (Phi) is 5.85. The third-order valence-electron chi connectivity index (χ3n) is 3.91. The fourth-order valence-electron chi connectivity index (χ4n) is 2.73. The summed E-state index contributed by atoms with van der Waals surface area (Å²) >= 11 is 0. The van der Waals surface area contributed by atoms with Crippen LogP contribution in [0.2, 0.25) is 0 Å². The highest BCUT2D eigenvalue weighted by molar-refractivity contribution is 6.05. The molecule has 0 aliphatic carbocycles. The number of rotatable bonds is 5. The summed E-state index contributed by atoms with van der Waals surface area (Å²) in [6, 6.07) is 7.09. The average molecular weight is 356 g/mol. The molecule has 2 aromatic rings. The number of nitrogens with zero attached hydrogens (tertiary/aromatic N) is 2. The van der Waals surface area contributed by atoms with Crippen LogP contribution in [0.25, 0.3) is 0 Å². The number of nitrogens with one attached hydrogen (secondary N) is 2. The summed E-state index contributed by atoms with van der Waals surface area (Å²) in [5.41, 5.74) is 2.57. The Balaban J connectivity index is 2.04. The molecule has 0 saturated carbocycles. The highest BCUT2D eigenvalue weighted by Crippen LogP contribution is 2.20. The third kappa shape index (κ3) is 4.94. The first-order chi connectivity index (χ1) is 12.1. The maximum Gasteiger partial charge on any atom is 0.259 e. The summed E-state index contributed by atoms with van der Waals surface area (Å²) in [5.74, 6) is 0.0995. The van der Waals surface area contributed by atoms with Gasteiger partial charge in [-0.25, -0.2) is 0 Å². The van der Waals surface area contributed by atoms with E-state index >= 15 is 0 Å². The first-order valence-electron chi connectivity index (χ1n) is 8.84. The maximum atomic E-state index is 12.5. The second-order valence-corrected chi connectivity index (χ2v) is 7.90. The smallest absolute Gasteiger partial charge is 0.259 e. The third-order valence-corrected chi connectivity index (χ3v) is 3.91. The van der Waals surface area contributed by atoms with Crippen LogP contribution >= 0.6 is 0 Å². The Labute approximate surface area is 155 Å². The van der Waals surface area contributed by atoms with E-state index in [1.165, 1.54) is 0 Å². The van der Waals surface area contributed by atoms with Gasteiger partial charge in [0, 0.05) is 23.5 Å². The highest BCUT2D eigenvalue weighted by atomic mass is 16.2. The van der Waals surface area contributed by atoms with Crippen molar-refractivity contribution >= 4 is 23.2 Å². The molecule has 6 heteroatoms. The predicted octanol–water partition coefficient (Wildman–Crippen LogP) is 4.18. The number of anilines is 2. The van der Waals surface area contributed by atoms with Gasteiger partial charge in [0.05, 0.1) is 17.3 Å². The minimum absolute atomic E-state index is 0.0120. The van der Waals surface area contributed by atoms with E-state index in [1.54, 1.807) is 30.5 Å². The fourth-order valence-corrected chi connectivity index (χ4v) is 2.73. The number of benzene rings is 1. The lowest BCUT2D eigenvalue weighted by Gasteiger charge is -2.21. The Morgan fingerprint density at radius 3 is 2.08 bits per heavy atom. The molecule has 0 aliphatic heterocycles. The number of hydrogen-bond acceptors (Lipinski definition) is 3. The summed E-state index contributed by atoms with van der Waals surface area (Å²) in [5, 5.41) is 10.0. The van der Waals surface area contributed by atoms with Crippen molar-refractivity contribution in [1.82, 2.24) is 9.78 Å². The molecule has 0 aliphatic rings. The van der Waals surface area contributed by atoms with E-state index in [0.717, 1.165) is 5.69 Å². The van der Waals surface area contributed by atoms with Crippen molar-refractivity contribution in [1.29, 1.82) is 0 Å². The van der Waals surface area contributed by atoms with E-state index in [-0.39, 0.29) is 17.4 Å². The zero-order valence-electron chi connectivity index (χ0n) is 16.4. The van der Waals surface area contributed by atoms with Gasteiger partial charge in [0.15, 0.2) is 0 Å². The molecule has 26 heavy (non-hydrogen) atoms. The molecule has 0 unspecified atom stereocenters. The van der Waals surface area contributed by atoms with Gasteiger partial charge in [-0.2, -0.15) is 5.10 Å². The van der Waals surface area contributed by atoms with Crippen molar-refractivity contribution in [2.75, 3.05) is 10.6 Å². The topological polar surface area (TPSA) is 76.0 Å². The molecule has 2 rings (SSSR count). The maximum absolute atomic E-state index is 12.5. The molecule has 2 amide bonds. The molecular weight excluding hydrogens is 328 g/mol. The van der Waals surface area contributed by atoms with Crippen LogP contribution in [0, 0.1) is 12.8 Å². The molecule has 0 spiro atoms. The molecule has 0 bridgehead atoms. The van der Waals surface area contributed by atoms with Gasteiger partial charge >= 0.3 is 0 Å². The molecule has 0 atom stereocenters. The van der Waals surface area contributed by atoms with E-state index in [2.05, 4.69) is 15.7 Å². The van der Waals surface area contributed by atoms with Gasteiger partial charge in [0.2, 0.25) is 5.91 Å². The van der Waals surface area contributed by atoms with Gasteiger partial charge in [-0.05, 0) is 57.9 Å². The normalized spacial score (nSPS) is 11.5. The fraction of sp³-hybridized carbons (Fsp3) is 0.450. The van der Waals surface area contributed by atoms with Crippen molar-refractivity contribution in [3.05, 3.63) is 41.7 Å². The predicted molar refractivity (Wildman–Crippen MR) is 104 cm³/mol. The zero-order valence-corrected chi connectivity index (χ0v) is 16.4. The van der Waals surface area contributed by atoms with E-state index in [1.807, 2.05) is 46.2 Å². The van der Waals surface area contributed by atoms with Crippen LogP contribution in [-0.2, 0) is 10.3 Å². The number of aromatic nitrogens is 2. The van der Waals surface area contributed by atoms with Crippen molar-refractivity contribution in [3.63, 3.8) is 0 Å². The van der Waals surface area contributed by atoms with Gasteiger partial charge in [0.1, 0.15) is 0 Å². The molecule has 0 fully saturated rings. The molecule has 0 saturated heterocycles. The molecule has 1 aromatic heterocycles. The van der Waals surface area contributed by atoms with Crippen LogP contribution < -0.4 is 10.6 Å². The second kappa shape index (κ2) is 7.72. The molecule has 6 nitrogen and oxygen atoms in total. The van der Waals surface area contributed by atoms with Crippen LogP contribution in [0.3, 0.4) is 0 Å². The monoisotopic (exact) mass is 356 g/mol. The Hall–Kier alpha value is -2.63. The summed E-state index contributed by atoms with van der Waals surface area (Å²) in [4.78, 5) is 24.3. The zero-order chi connectivity index (χ0) is 19.5. The van der Waals surface area contributed by atoms with E-state index in [4.69, 9.17) is 0 Å². The van der Waals surface area contributed by atoms with Crippen molar-refractivity contribution < 1.29 is 9.59 Å². The van der Waals surface area contributed by atoms with Crippen LogP contribution in [-0.4, -0.2) is 21.6 Å². The van der Waals surface area contributed by atoms with E-state index in [0.29, 0.717) is 29.3 Å². The first-order valence-corrected chi connectivity index (χ1v) is 8.84. The minimum Gasteiger partial charge on any atom is -0.326 e. The van der Waals surface area contributed by atoms with Gasteiger partial charge in [-0.3, -0.25) is 14.3 Å². The Bertz CT molecular complexity index is 783. The summed E-state index contributed by atoms with van der Waals surface area (Å²) < 4.78 is 1.84. The molecule has 1 heterocycles. The van der Waals surface area contributed by atoms with Gasteiger partial charge < -0.3 is 10.6 Å². The second-order valence-electron chi connectivity index (χ2n) is 7.90. The molecular formula is C20H28N4O2. The van der Waals surface area contributed by atoms with E-state index in [9.17, 15) is 9.59 Å². The molecule has 140 valence electrons. The number of hydrogen-bond donors (Lipinski definition) is 2. The Morgan fingerprint density at radius 1 is 1.08 bits per heavy atom. The SMILES string of the molecule is Cc1c(C(=O)Nc2ccc(NC(=O)CC(C)C)cc2)cnn1C(C)(C)C. The number of amides is 2. The van der Waals surface area contributed by atoms with Crippen LogP contribution in [0.1, 0.15) is 57.1 Å². The van der Waals surface area contributed by atoms with E-state index < -0.39 is 0 Å². The summed E-state index contributed by atoms with van der Waals surface area (Å²) in [6.07, 6.45) is 2.08. The molecule has 1 aromatic carbocycles. The highest BCUT2D eigenvalue weighted by Gasteiger charge is 2.21. The average Bonchev–Trinajstić information content (AvgIpc) is 2.90. The number of carbonyl (C=O) groups excluding carboxylic acids is 2. The van der Waals surface area contributed by atoms with Gasteiger partial charge in [0.25, 0.3) is 5.91 Å². The van der Waals surface area contributed by atoms with Crippen molar-refractivity contribution in [3.8, 4) is 0 Å². The van der Waals surface area contributed by atoms with Crippen LogP contribution in [0.5, 0.6) is 0 Å². The standard InChI is InChI=1S/C20H28N4O2/c1-13(2)11-18(25)22-15-7-9-16(10-8-15)23-19(26)17-12-21-24(14(17)3)20(4,5)6/h7-10,12-13H,11H2,1-6H3,(H,22,25)(H,23,26). The lowest BCUT2D eigenvalue weighted by Crippen LogP contribution is -2.25. The summed E-state index contributed by atoms with van der Waals surface area (Å²) in [6.45, 7) is 12.0. The number of carbonyl (C=O) groups is 2. The largest absolute Gasteiger partial charge is 0.326 e. The van der Waals surface area contributed by atoms with Gasteiger partial charge in [-0.1, -0.05) is 13.8 Å². The molecule has 0 radical (unpaired) electrons. The van der Waals surface area contributed by atoms with Gasteiger partial charge in [-0.15, -0.1) is 0 Å². The van der Waals surface area contributed by atoms with Crippen LogP contribution in [0.4, 0.5) is 11.4 Å². The first kappa shape index (κ1) is 19.7. The summed E-state index contributed by atoms with van der Waals surface area (Å²) in [7, 11) is 0. The Morgan fingerprint density at radius 2 is 1.62 bits per heavy atom. The lowest BCUT2D eigenvalue weighted by atomic mass is 10.1. The molecule has 2 N–H and O–H groups in total. The minimum atomic E-state index is -0.199. The van der Waals surface area contributed by atoms with Crippen molar-refractivity contribution in [2.24, 2.45) is 5.92 Å². The van der Waals surface area contributed by atoms with Crippen molar-refractivity contribution in [2.45, 2.75) is 53.5 Å².